The molecule has 2 aromatic heterocycles. The van der Waals surface area contributed by atoms with Gasteiger partial charge in [0, 0.05) is 30.9 Å². The van der Waals surface area contributed by atoms with E-state index in [0.717, 1.165) is 18.2 Å². The number of carbonyl (C=O) groups is 1. The molecule has 1 aliphatic heterocycles. The smallest absolute Gasteiger partial charge is 0.293 e. The minimum absolute atomic E-state index is 0.147. The maximum absolute atomic E-state index is 12.4. The molecule has 1 N–H and O–H groups in total. The lowest BCUT2D eigenvalue weighted by Crippen LogP contribution is -2.38. The number of hydrogen-bond acceptors (Lipinski definition) is 4. The molecule has 0 radical (unpaired) electrons. The molecule has 0 saturated carbocycles. The Hall–Kier alpha value is -2.18. The van der Waals surface area contributed by atoms with Crippen molar-refractivity contribution in [2.45, 2.75) is 39.3 Å². The molecule has 7 nitrogen and oxygen atoms in total. The molecule has 1 amide bonds. The molecule has 0 saturated heterocycles. The van der Waals surface area contributed by atoms with Crippen LogP contribution in [0.4, 0.5) is 0 Å². The zero-order chi connectivity index (χ0) is 14.3. The van der Waals surface area contributed by atoms with Gasteiger partial charge in [-0.1, -0.05) is 20.8 Å². The quantitative estimate of drug-likeness (QED) is 0.839. The van der Waals surface area contributed by atoms with Crippen LogP contribution in [0.25, 0.3) is 0 Å². The van der Waals surface area contributed by atoms with Crippen molar-refractivity contribution in [2.24, 2.45) is 0 Å². The molecule has 0 unspecified atom stereocenters. The van der Waals surface area contributed by atoms with E-state index in [2.05, 4.69) is 24.7 Å². The number of nitrogens with one attached hydrogen (secondary N) is 1. The van der Waals surface area contributed by atoms with Crippen LogP contribution in [0.2, 0.25) is 0 Å². The molecule has 3 heterocycles. The van der Waals surface area contributed by atoms with Crippen LogP contribution in [0.1, 0.15) is 43.0 Å². The van der Waals surface area contributed by atoms with Crippen LogP contribution in [0, 0.1) is 0 Å². The predicted molar refractivity (Wildman–Crippen MR) is 72.1 cm³/mol. The average Bonchev–Trinajstić information content (AvgIpc) is 3.05. The average molecular weight is 274 g/mol. The van der Waals surface area contributed by atoms with E-state index in [-0.39, 0.29) is 17.1 Å². The first kappa shape index (κ1) is 12.8. The van der Waals surface area contributed by atoms with E-state index in [9.17, 15) is 4.79 Å². The first-order chi connectivity index (χ1) is 9.45. The van der Waals surface area contributed by atoms with Gasteiger partial charge in [-0.2, -0.15) is 0 Å². The molecule has 106 valence electrons. The Kier molecular flexibility index (Phi) is 2.84. The van der Waals surface area contributed by atoms with Crippen LogP contribution < -0.4 is 0 Å². The van der Waals surface area contributed by atoms with Crippen molar-refractivity contribution < 1.29 is 4.79 Å². The third kappa shape index (κ3) is 2.19. The number of rotatable bonds is 1. The van der Waals surface area contributed by atoms with E-state index < -0.39 is 0 Å². The Balaban J connectivity index is 1.79. The summed E-state index contributed by atoms with van der Waals surface area (Å²) in [6.07, 6.45) is 3.69. The molecular weight excluding hydrogens is 256 g/mol. The fourth-order valence-electron chi connectivity index (χ4n) is 2.18. The zero-order valence-corrected chi connectivity index (χ0v) is 11.9. The Morgan fingerprint density at radius 3 is 2.85 bits per heavy atom. The van der Waals surface area contributed by atoms with Gasteiger partial charge in [0.05, 0.1) is 6.54 Å². The van der Waals surface area contributed by atoms with Gasteiger partial charge >= 0.3 is 0 Å². The van der Waals surface area contributed by atoms with Crippen molar-refractivity contribution in [1.82, 2.24) is 29.6 Å². The van der Waals surface area contributed by atoms with E-state index in [1.165, 1.54) is 0 Å². The number of hydrogen-bond donors (Lipinski definition) is 1. The SMILES string of the molecule is CC(C)(C)c1nc(C(=O)N2CCn3ccnc3C2)n[nH]1. The highest BCUT2D eigenvalue weighted by Crippen LogP contribution is 2.18. The normalized spacial score (nSPS) is 15.2. The van der Waals surface area contributed by atoms with Crippen molar-refractivity contribution in [3.63, 3.8) is 0 Å². The summed E-state index contributed by atoms with van der Waals surface area (Å²) in [6.45, 7) is 8.00. The van der Waals surface area contributed by atoms with Crippen LogP contribution in [0.3, 0.4) is 0 Å². The van der Waals surface area contributed by atoms with Crippen LogP contribution in [0.5, 0.6) is 0 Å². The highest BCUT2D eigenvalue weighted by atomic mass is 16.2. The Labute approximate surface area is 117 Å². The van der Waals surface area contributed by atoms with Crippen LogP contribution in [-0.4, -0.2) is 42.1 Å². The van der Waals surface area contributed by atoms with Crippen LogP contribution >= 0.6 is 0 Å². The fraction of sp³-hybridized carbons (Fsp3) is 0.538. The summed E-state index contributed by atoms with van der Waals surface area (Å²) in [4.78, 5) is 22.7. The number of carbonyl (C=O) groups excluding carboxylic acids is 1. The van der Waals surface area contributed by atoms with Gasteiger partial charge in [0.15, 0.2) is 0 Å². The zero-order valence-electron chi connectivity index (χ0n) is 11.9. The van der Waals surface area contributed by atoms with Crippen molar-refractivity contribution in [1.29, 1.82) is 0 Å². The van der Waals surface area contributed by atoms with Crippen molar-refractivity contribution in [3.05, 3.63) is 29.9 Å². The summed E-state index contributed by atoms with van der Waals surface area (Å²) >= 11 is 0. The highest BCUT2D eigenvalue weighted by Gasteiger charge is 2.27. The lowest BCUT2D eigenvalue weighted by atomic mass is 9.96. The Bertz CT molecular complexity index is 635. The van der Waals surface area contributed by atoms with Gasteiger partial charge in [0.2, 0.25) is 5.82 Å². The van der Waals surface area contributed by atoms with E-state index in [0.29, 0.717) is 13.1 Å². The number of fused-ring (bicyclic) bond motifs is 1. The lowest BCUT2D eigenvalue weighted by Gasteiger charge is -2.26. The third-order valence-electron chi connectivity index (χ3n) is 3.42. The minimum Gasteiger partial charge on any atom is -0.332 e. The van der Waals surface area contributed by atoms with Crippen LogP contribution in [-0.2, 0) is 18.5 Å². The number of amides is 1. The van der Waals surface area contributed by atoms with Gasteiger partial charge in [-0.05, 0) is 0 Å². The van der Waals surface area contributed by atoms with E-state index in [1.807, 2.05) is 27.0 Å². The number of aromatic nitrogens is 5. The predicted octanol–water partition coefficient (Wildman–Crippen LogP) is 0.955. The molecular formula is C13H18N6O. The van der Waals surface area contributed by atoms with E-state index in [4.69, 9.17) is 0 Å². The number of H-pyrrole nitrogens is 1. The monoisotopic (exact) mass is 274 g/mol. The highest BCUT2D eigenvalue weighted by molar-refractivity contribution is 5.90. The minimum atomic E-state index is -0.149. The molecule has 1 aliphatic rings. The molecule has 7 heteroatoms. The van der Waals surface area contributed by atoms with E-state index >= 15 is 0 Å². The molecule has 3 rings (SSSR count). The largest absolute Gasteiger partial charge is 0.332 e. The van der Waals surface area contributed by atoms with Gasteiger partial charge in [-0.15, -0.1) is 5.10 Å². The lowest BCUT2D eigenvalue weighted by molar-refractivity contribution is 0.0695. The molecule has 0 bridgehead atoms. The van der Waals surface area contributed by atoms with Gasteiger partial charge in [-0.3, -0.25) is 9.89 Å². The van der Waals surface area contributed by atoms with Crippen LogP contribution in [0.15, 0.2) is 12.4 Å². The molecule has 0 spiro atoms. The third-order valence-corrected chi connectivity index (χ3v) is 3.42. The summed E-state index contributed by atoms with van der Waals surface area (Å²) < 4.78 is 2.06. The number of imidazole rings is 1. The first-order valence-electron chi connectivity index (χ1n) is 6.67. The van der Waals surface area contributed by atoms with Crippen molar-refractivity contribution in [2.75, 3.05) is 6.54 Å². The standard InChI is InChI=1S/C13H18N6O/c1-13(2,3)12-15-10(16-17-12)11(20)19-7-6-18-5-4-14-9(18)8-19/h4-5H,6-8H2,1-3H3,(H,15,16,17). The van der Waals surface area contributed by atoms with Gasteiger partial charge in [-0.25, -0.2) is 9.97 Å². The van der Waals surface area contributed by atoms with Gasteiger partial charge in [0.1, 0.15) is 11.6 Å². The number of nitrogens with zero attached hydrogens (tertiary/aromatic N) is 5. The van der Waals surface area contributed by atoms with Crippen molar-refractivity contribution in [3.8, 4) is 0 Å². The second-order valence-corrected chi connectivity index (χ2v) is 6.02. The topological polar surface area (TPSA) is 79.7 Å². The second kappa shape index (κ2) is 4.43. The molecule has 0 aliphatic carbocycles. The van der Waals surface area contributed by atoms with Crippen molar-refractivity contribution >= 4 is 5.91 Å². The second-order valence-electron chi connectivity index (χ2n) is 6.02. The first-order valence-corrected chi connectivity index (χ1v) is 6.67. The maximum Gasteiger partial charge on any atom is 0.293 e. The molecule has 0 atom stereocenters. The molecule has 2 aromatic rings. The fourth-order valence-corrected chi connectivity index (χ4v) is 2.18. The molecule has 0 aromatic carbocycles. The van der Waals surface area contributed by atoms with Gasteiger partial charge in [0.25, 0.3) is 5.91 Å². The summed E-state index contributed by atoms with van der Waals surface area (Å²) in [5.74, 6) is 1.71. The summed E-state index contributed by atoms with van der Waals surface area (Å²) in [5, 5.41) is 6.90. The summed E-state index contributed by atoms with van der Waals surface area (Å²) in [6, 6.07) is 0. The van der Waals surface area contributed by atoms with Gasteiger partial charge < -0.3 is 9.47 Å². The number of aromatic amines is 1. The molecule has 0 fully saturated rings. The Morgan fingerprint density at radius 2 is 2.15 bits per heavy atom. The summed E-state index contributed by atoms with van der Waals surface area (Å²) in [5.41, 5.74) is -0.149. The Morgan fingerprint density at radius 1 is 1.35 bits per heavy atom. The molecule has 20 heavy (non-hydrogen) atoms. The maximum atomic E-state index is 12.4. The van der Waals surface area contributed by atoms with E-state index in [1.54, 1.807) is 11.1 Å². The summed E-state index contributed by atoms with van der Waals surface area (Å²) in [7, 11) is 0.